The first kappa shape index (κ1) is 29.5. The van der Waals surface area contributed by atoms with Crippen LogP contribution in [0.3, 0.4) is 0 Å². The van der Waals surface area contributed by atoms with Gasteiger partial charge in [-0.05, 0) is 37.1 Å². The lowest BCUT2D eigenvalue weighted by Crippen LogP contribution is -2.48. The lowest BCUT2D eigenvalue weighted by Gasteiger charge is -2.32. The lowest BCUT2D eigenvalue weighted by atomic mass is 10.0. The maximum atomic E-state index is 13.1. The fourth-order valence-electron chi connectivity index (χ4n) is 6.15. The highest BCUT2D eigenvalue weighted by Crippen LogP contribution is 2.34. The molecule has 1 atom stereocenters. The minimum absolute atomic E-state index is 0.0604. The predicted molar refractivity (Wildman–Crippen MR) is 149 cm³/mol. The van der Waals surface area contributed by atoms with Gasteiger partial charge >= 0.3 is 11.8 Å². The van der Waals surface area contributed by atoms with E-state index in [4.69, 9.17) is 0 Å². The number of β-amino-alcohol motifs (C(OH)–C–C–N with tert-alkyl or cyclic N) is 1. The Morgan fingerprint density at radius 1 is 1.09 bits per heavy atom. The van der Waals surface area contributed by atoms with Gasteiger partial charge in [-0.25, -0.2) is 13.0 Å². The molecule has 4 aromatic rings. The number of nitrogens with zero attached hydrogens (tertiary/aromatic N) is 7. The van der Waals surface area contributed by atoms with Crippen LogP contribution in [0, 0.1) is 0 Å². The maximum Gasteiger partial charge on any atom is 0.416 e. The first-order valence-electron chi connectivity index (χ1n) is 14.1. The van der Waals surface area contributed by atoms with Crippen molar-refractivity contribution in [3.05, 3.63) is 65.7 Å². The highest BCUT2D eigenvalue weighted by molar-refractivity contribution is 7.88. The molecule has 6 rings (SSSR count). The number of hydrogen-bond acceptors (Lipinski definition) is 7. The molecule has 0 amide bonds. The molecule has 1 aromatic carbocycles. The largest absolute Gasteiger partial charge is 0.416 e. The van der Waals surface area contributed by atoms with Gasteiger partial charge in [0, 0.05) is 56.0 Å². The molecule has 0 saturated carbocycles. The third kappa shape index (κ3) is 5.98. The molecule has 43 heavy (non-hydrogen) atoms. The van der Waals surface area contributed by atoms with Crippen LogP contribution in [-0.2, 0) is 35.7 Å². The van der Waals surface area contributed by atoms with Crippen molar-refractivity contribution in [1.82, 2.24) is 28.7 Å². The number of imidazole rings is 1. The van der Waals surface area contributed by atoms with Crippen molar-refractivity contribution in [3.8, 4) is 11.3 Å². The van der Waals surface area contributed by atoms with Gasteiger partial charge in [0.15, 0.2) is 0 Å². The number of hydrogen-bond donors (Lipinski definition) is 2. The zero-order chi connectivity index (χ0) is 30.5. The zero-order valence-corrected chi connectivity index (χ0v) is 24.3. The van der Waals surface area contributed by atoms with Crippen LogP contribution in [0.15, 0.2) is 48.9 Å². The minimum atomic E-state index is -4.48. The van der Waals surface area contributed by atoms with E-state index in [0.29, 0.717) is 41.0 Å². The molecule has 2 aliphatic heterocycles. The number of likely N-dealkylation sites (tertiary alicyclic amines) is 1. The van der Waals surface area contributed by atoms with E-state index in [1.165, 1.54) is 16.4 Å². The van der Waals surface area contributed by atoms with Gasteiger partial charge in [0.2, 0.25) is 21.9 Å². The standard InChI is InChI=1S/C28H33F3N7O4S/c1-43(41,42)35-14-10-24-23(17-35)26(19-4-6-20(7-5-19)28(29,30)31)33-37(24)16-22(39)15-34-12-8-21(9-13-34)36-18-38(40)25-3-2-11-32-27(25)36/h2-7,11,18,21-22,39-40H,8-10,12-17H2,1H3/q+1. The molecule has 1 saturated heterocycles. The molecular weight excluding hydrogens is 587 g/mol. The third-order valence-electron chi connectivity index (χ3n) is 8.35. The molecule has 230 valence electrons. The molecule has 1 unspecified atom stereocenters. The Balaban J connectivity index is 1.17. The number of alkyl halides is 3. The number of rotatable bonds is 7. The summed E-state index contributed by atoms with van der Waals surface area (Å²) in [5.41, 5.74) is 2.85. The van der Waals surface area contributed by atoms with Gasteiger partial charge in [0.1, 0.15) is 6.20 Å². The van der Waals surface area contributed by atoms with E-state index in [-0.39, 0.29) is 25.7 Å². The van der Waals surface area contributed by atoms with Crippen molar-refractivity contribution in [3.63, 3.8) is 0 Å². The van der Waals surface area contributed by atoms with E-state index in [9.17, 15) is 31.9 Å². The molecule has 0 bridgehead atoms. The smallest absolute Gasteiger partial charge is 0.390 e. The fraction of sp³-hybridized carbons (Fsp3) is 0.464. The van der Waals surface area contributed by atoms with Gasteiger partial charge in [0.25, 0.3) is 0 Å². The van der Waals surface area contributed by atoms with E-state index in [1.54, 1.807) is 29.3 Å². The quantitative estimate of drug-likeness (QED) is 0.241. The average Bonchev–Trinajstić information content (AvgIpc) is 3.50. The van der Waals surface area contributed by atoms with Crippen molar-refractivity contribution in [1.29, 1.82) is 0 Å². The van der Waals surface area contributed by atoms with Gasteiger partial charge in [0.05, 0.1) is 36.2 Å². The Labute approximate surface area is 246 Å². The second-order valence-corrected chi connectivity index (χ2v) is 13.3. The van der Waals surface area contributed by atoms with Crippen LogP contribution in [0.2, 0.25) is 0 Å². The van der Waals surface area contributed by atoms with Gasteiger partial charge in [-0.15, -0.1) is 4.98 Å². The number of aromatic nitrogens is 5. The van der Waals surface area contributed by atoms with Crippen LogP contribution in [0.25, 0.3) is 22.4 Å². The third-order valence-corrected chi connectivity index (χ3v) is 9.60. The summed E-state index contributed by atoms with van der Waals surface area (Å²) in [4.78, 5) is 6.59. The van der Waals surface area contributed by atoms with Crippen molar-refractivity contribution < 1.29 is 36.5 Å². The predicted octanol–water partition coefficient (Wildman–Crippen LogP) is 2.46. The first-order chi connectivity index (χ1) is 20.4. The van der Waals surface area contributed by atoms with E-state index < -0.39 is 27.9 Å². The molecule has 2 N–H and O–H groups in total. The number of fused-ring (bicyclic) bond motifs is 2. The van der Waals surface area contributed by atoms with Crippen LogP contribution in [-0.4, -0.2) is 86.0 Å². The highest BCUT2D eigenvalue weighted by Gasteiger charge is 2.33. The molecule has 1 fully saturated rings. The molecule has 0 aliphatic carbocycles. The zero-order valence-electron chi connectivity index (χ0n) is 23.5. The van der Waals surface area contributed by atoms with Crippen LogP contribution in [0.4, 0.5) is 13.2 Å². The first-order valence-corrected chi connectivity index (χ1v) is 15.9. The SMILES string of the molecule is CS(=O)(=O)N1CCc2c(c(-c3ccc(C(F)(F)F)cc3)nn2CC(O)CN2CCC([n+]3cn(O)c4cccnc43)CC2)C1. The van der Waals surface area contributed by atoms with Crippen LogP contribution >= 0.6 is 0 Å². The highest BCUT2D eigenvalue weighted by atomic mass is 32.2. The monoisotopic (exact) mass is 620 g/mol. The molecule has 0 radical (unpaired) electrons. The second kappa shape index (κ2) is 11.2. The second-order valence-electron chi connectivity index (χ2n) is 11.3. The number of benzene rings is 1. The summed E-state index contributed by atoms with van der Waals surface area (Å²) in [6.45, 7) is 2.35. The summed E-state index contributed by atoms with van der Waals surface area (Å²) in [7, 11) is -3.49. The minimum Gasteiger partial charge on any atom is -0.390 e. The summed E-state index contributed by atoms with van der Waals surface area (Å²) >= 11 is 0. The Morgan fingerprint density at radius 3 is 2.49 bits per heavy atom. The number of halogens is 3. The summed E-state index contributed by atoms with van der Waals surface area (Å²) in [6, 6.07) is 8.40. The average molecular weight is 621 g/mol. The summed E-state index contributed by atoms with van der Waals surface area (Å²) in [5, 5.41) is 26.0. The van der Waals surface area contributed by atoms with E-state index >= 15 is 0 Å². The molecule has 11 nitrogen and oxygen atoms in total. The molecule has 15 heteroatoms. The molecule has 5 heterocycles. The van der Waals surface area contributed by atoms with Gasteiger partial charge in [-0.1, -0.05) is 16.9 Å². The maximum absolute atomic E-state index is 13.1. The van der Waals surface area contributed by atoms with Gasteiger partial charge in [-0.3, -0.25) is 4.68 Å². The van der Waals surface area contributed by atoms with Crippen molar-refractivity contribution in [2.75, 3.05) is 32.4 Å². The summed E-state index contributed by atoms with van der Waals surface area (Å²) in [6.07, 6.45) is 1.21. The topological polar surface area (TPSA) is 121 Å². The number of pyridine rings is 1. The van der Waals surface area contributed by atoms with Crippen molar-refractivity contribution >= 4 is 21.2 Å². The van der Waals surface area contributed by atoms with Crippen LogP contribution in [0.5, 0.6) is 0 Å². The van der Waals surface area contributed by atoms with Crippen molar-refractivity contribution in [2.24, 2.45) is 0 Å². The Hall–Kier alpha value is -3.53. The summed E-state index contributed by atoms with van der Waals surface area (Å²) in [5.74, 6) is 0. The number of aliphatic hydroxyl groups excluding tert-OH is 1. The van der Waals surface area contributed by atoms with E-state index in [1.807, 2.05) is 4.57 Å². The molecule has 0 spiro atoms. The lowest BCUT2D eigenvalue weighted by molar-refractivity contribution is -0.705. The van der Waals surface area contributed by atoms with E-state index in [2.05, 4.69) is 15.0 Å². The van der Waals surface area contributed by atoms with Crippen molar-refractivity contribution in [2.45, 2.75) is 50.7 Å². The van der Waals surface area contributed by atoms with Gasteiger partial charge in [-0.2, -0.15) is 22.6 Å². The van der Waals surface area contributed by atoms with Gasteiger partial charge < -0.3 is 15.2 Å². The number of sulfonamides is 1. The normalized spacial score (nSPS) is 18.3. The Morgan fingerprint density at radius 2 is 1.81 bits per heavy atom. The number of piperidine rings is 1. The fourth-order valence-corrected chi connectivity index (χ4v) is 6.94. The molecule has 2 aliphatic rings. The summed E-state index contributed by atoms with van der Waals surface area (Å²) < 4.78 is 70.1. The van der Waals surface area contributed by atoms with Crippen LogP contribution < -0.4 is 4.57 Å². The molecular formula is C28H33F3N7O4S+. The number of aliphatic hydroxyl groups is 1. The van der Waals surface area contributed by atoms with Crippen LogP contribution in [0.1, 0.15) is 35.7 Å². The van der Waals surface area contributed by atoms with E-state index in [0.717, 1.165) is 54.7 Å². The molecule has 3 aromatic heterocycles. The Kier molecular flexibility index (Phi) is 7.69. The Bertz CT molecular complexity index is 1730.